The number of nitrogen functional groups attached to an aromatic ring is 1. The fourth-order valence-electron chi connectivity index (χ4n) is 0.427. The molecule has 0 aliphatic rings. The SMILES string of the molecule is Cc1nc[c]c(N)n1. The number of hydrogen-bond acceptors (Lipinski definition) is 3. The molecule has 1 radical (unpaired) electrons. The van der Waals surface area contributed by atoms with Gasteiger partial charge in [0.25, 0.3) is 0 Å². The van der Waals surface area contributed by atoms with Crippen LogP contribution >= 0.6 is 0 Å². The first-order valence-electron chi connectivity index (χ1n) is 2.26. The van der Waals surface area contributed by atoms with Gasteiger partial charge in [-0.15, -0.1) is 0 Å². The third-order valence-electron chi connectivity index (χ3n) is 0.746. The van der Waals surface area contributed by atoms with E-state index < -0.39 is 0 Å². The summed E-state index contributed by atoms with van der Waals surface area (Å²) in [5.74, 6) is 1.08. The molecular weight excluding hydrogens is 102 g/mol. The topological polar surface area (TPSA) is 51.8 Å². The highest BCUT2D eigenvalue weighted by Gasteiger charge is 1.84. The molecule has 0 unspecified atom stereocenters. The molecule has 1 heterocycles. The zero-order valence-electron chi connectivity index (χ0n) is 4.55. The van der Waals surface area contributed by atoms with Gasteiger partial charge < -0.3 is 5.73 Å². The Bertz CT molecular complexity index is 168. The lowest BCUT2D eigenvalue weighted by Gasteiger charge is -1.88. The maximum absolute atomic E-state index is 5.25. The van der Waals surface area contributed by atoms with Crippen LogP contribution in [0.1, 0.15) is 5.82 Å². The summed E-state index contributed by atoms with van der Waals surface area (Å²) in [5.41, 5.74) is 5.25. The summed E-state index contributed by atoms with van der Waals surface area (Å²) < 4.78 is 0. The molecule has 0 aliphatic carbocycles. The average Bonchev–Trinajstić information content (AvgIpc) is 1.64. The summed E-state index contributed by atoms with van der Waals surface area (Å²) in [6.07, 6.45) is 1.51. The van der Waals surface area contributed by atoms with Crippen LogP contribution in [0.5, 0.6) is 0 Å². The molecule has 0 aromatic carbocycles. The Labute approximate surface area is 47.6 Å². The Morgan fingerprint density at radius 2 is 2.50 bits per heavy atom. The Morgan fingerprint density at radius 1 is 1.75 bits per heavy atom. The lowest BCUT2D eigenvalue weighted by Crippen LogP contribution is -1.93. The Morgan fingerprint density at radius 3 is 2.88 bits per heavy atom. The Kier molecular flexibility index (Phi) is 1.12. The highest BCUT2D eigenvalue weighted by Crippen LogP contribution is 1.90. The summed E-state index contributed by atoms with van der Waals surface area (Å²) in [6, 6.07) is 2.63. The van der Waals surface area contributed by atoms with Crippen LogP contribution in [0, 0.1) is 13.0 Å². The number of hydrogen-bond donors (Lipinski definition) is 1. The number of aryl methyl sites for hydroxylation is 1. The zero-order valence-corrected chi connectivity index (χ0v) is 4.55. The molecule has 0 amide bonds. The van der Waals surface area contributed by atoms with Crippen molar-refractivity contribution in [2.75, 3.05) is 5.73 Å². The van der Waals surface area contributed by atoms with Gasteiger partial charge in [-0.3, -0.25) is 0 Å². The van der Waals surface area contributed by atoms with Crippen LogP contribution in [0.25, 0.3) is 0 Å². The molecule has 0 fully saturated rings. The smallest absolute Gasteiger partial charge is 0.135 e. The minimum absolute atomic E-state index is 0.400. The number of anilines is 1. The largest absolute Gasteiger partial charge is 0.383 e. The summed E-state index contributed by atoms with van der Waals surface area (Å²) in [5, 5.41) is 0. The lowest BCUT2D eigenvalue weighted by molar-refractivity contribution is 1.06. The first-order valence-corrected chi connectivity index (χ1v) is 2.26. The van der Waals surface area contributed by atoms with Crippen molar-refractivity contribution in [3.63, 3.8) is 0 Å². The fraction of sp³-hybridized carbons (Fsp3) is 0.200. The van der Waals surface area contributed by atoms with Gasteiger partial charge in [0.15, 0.2) is 0 Å². The van der Waals surface area contributed by atoms with E-state index in [4.69, 9.17) is 5.73 Å². The molecule has 0 saturated heterocycles. The molecule has 0 saturated carbocycles. The van der Waals surface area contributed by atoms with Crippen molar-refractivity contribution in [3.8, 4) is 0 Å². The molecule has 1 aromatic heterocycles. The van der Waals surface area contributed by atoms with E-state index in [0.717, 1.165) is 0 Å². The van der Waals surface area contributed by atoms with Crippen molar-refractivity contribution < 1.29 is 0 Å². The summed E-state index contributed by atoms with van der Waals surface area (Å²) in [6.45, 7) is 1.78. The van der Waals surface area contributed by atoms with Crippen molar-refractivity contribution in [1.82, 2.24) is 9.97 Å². The fourth-order valence-corrected chi connectivity index (χ4v) is 0.427. The van der Waals surface area contributed by atoms with Gasteiger partial charge in [0.1, 0.15) is 11.6 Å². The molecule has 0 aliphatic heterocycles. The van der Waals surface area contributed by atoms with Crippen LogP contribution in [0.2, 0.25) is 0 Å². The minimum Gasteiger partial charge on any atom is -0.383 e. The van der Waals surface area contributed by atoms with Crippen LogP contribution in [0.3, 0.4) is 0 Å². The van der Waals surface area contributed by atoms with E-state index in [1.165, 1.54) is 6.20 Å². The lowest BCUT2D eigenvalue weighted by atomic mass is 10.6. The van der Waals surface area contributed by atoms with E-state index in [2.05, 4.69) is 16.0 Å². The van der Waals surface area contributed by atoms with E-state index in [9.17, 15) is 0 Å². The van der Waals surface area contributed by atoms with E-state index in [1.807, 2.05) is 0 Å². The van der Waals surface area contributed by atoms with Gasteiger partial charge in [-0.25, -0.2) is 9.97 Å². The van der Waals surface area contributed by atoms with Crippen LogP contribution in [-0.4, -0.2) is 9.97 Å². The van der Waals surface area contributed by atoms with E-state index >= 15 is 0 Å². The molecule has 0 atom stereocenters. The van der Waals surface area contributed by atoms with Gasteiger partial charge in [-0.2, -0.15) is 0 Å². The molecule has 1 rings (SSSR count). The summed E-state index contributed by atoms with van der Waals surface area (Å²) in [4.78, 5) is 7.58. The van der Waals surface area contributed by atoms with Crippen LogP contribution in [0.15, 0.2) is 6.20 Å². The third-order valence-corrected chi connectivity index (χ3v) is 0.746. The van der Waals surface area contributed by atoms with Crippen LogP contribution < -0.4 is 5.73 Å². The van der Waals surface area contributed by atoms with E-state index in [-0.39, 0.29) is 0 Å². The molecule has 3 nitrogen and oxygen atoms in total. The number of aromatic nitrogens is 2. The Hall–Kier alpha value is -1.12. The van der Waals surface area contributed by atoms with Gasteiger partial charge in [0, 0.05) is 12.3 Å². The summed E-state index contributed by atoms with van der Waals surface area (Å²) >= 11 is 0. The van der Waals surface area contributed by atoms with Crippen LogP contribution in [0.4, 0.5) is 5.82 Å². The Balaban J connectivity index is 3.08. The number of rotatable bonds is 0. The van der Waals surface area contributed by atoms with E-state index in [0.29, 0.717) is 11.6 Å². The first-order chi connectivity index (χ1) is 3.79. The molecule has 8 heavy (non-hydrogen) atoms. The zero-order chi connectivity index (χ0) is 5.98. The average molecular weight is 108 g/mol. The van der Waals surface area contributed by atoms with Gasteiger partial charge in [0.05, 0.1) is 0 Å². The first kappa shape index (κ1) is 5.03. The molecule has 3 heteroatoms. The normalized spacial score (nSPS) is 9.12. The van der Waals surface area contributed by atoms with Crippen LogP contribution in [-0.2, 0) is 0 Å². The second kappa shape index (κ2) is 1.78. The van der Waals surface area contributed by atoms with Gasteiger partial charge in [0.2, 0.25) is 0 Å². The molecule has 0 spiro atoms. The quantitative estimate of drug-likeness (QED) is 0.515. The minimum atomic E-state index is 0.400. The van der Waals surface area contributed by atoms with E-state index in [1.54, 1.807) is 6.92 Å². The maximum Gasteiger partial charge on any atom is 0.135 e. The number of nitrogens with zero attached hydrogens (tertiary/aromatic N) is 2. The highest BCUT2D eigenvalue weighted by atomic mass is 14.9. The molecule has 0 bridgehead atoms. The molecule has 2 N–H and O–H groups in total. The van der Waals surface area contributed by atoms with Crippen molar-refractivity contribution in [3.05, 3.63) is 18.1 Å². The van der Waals surface area contributed by atoms with Gasteiger partial charge in [-0.05, 0) is 6.92 Å². The van der Waals surface area contributed by atoms with Crippen molar-refractivity contribution in [2.45, 2.75) is 6.92 Å². The monoisotopic (exact) mass is 108 g/mol. The second-order valence-corrected chi connectivity index (χ2v) is 1.45. The molecule has 1 aromatic rings. The van der Waals surface area contributed by atoms with Crippen molar-refractivity contribution in [2.24, 2.45) is 0 Å². The standard InChI is InChI=1S/C5H6N3/c1-4-7-3-2-5(6)8-4/h3H,1H3,(H2,6,7,8). The predicted octanol–water partition coefficient (Wildman–Crippen LogP) is 0.167. The summed E-state index contributed by atoms with van der Waals surface area (Å²) in [7, 11) is 0. The predicted molar refractivity (Wildman–Crippen MR) is 30.0 cm³/mol. The van der Waals surface area contributed by atoms with Crippen molar-refractivity contribution >= 4 is 5.82 Å². The maximum atomic E-state index is 5.25. The highest BCUT2D eigenvalue weighted by molar-refractivity contribution is 5.22. The molecule has 41 valence electrons. The number of nitrogens with two attached hydrogens (primary N) is 1. The third kappa shape index (κ3) is 0.932. The second-order valence-electron chi connectivity index (χ2n) is 1.45. The van der Waals surface area contributed by atoms with Crippen molar-refractivity contribution in [1.29, 1.82) is 0 Å². The van der Waals surface area contributed by atoms with Gasteiger partial charge >= 0.3 is 0 Å². The van der Waals surface area contributed by atoms with Gasteiger partial charge in [-0.1, -0.05) is 0 Å². The molecular formula is C5H6N3.